The van der Waals surface area contributed by atoms with Crippen molar-refractivity contribution in [2.75, 3.05) is 13.7 Å². The SMILES string of the molecule is COC[C@@]1(O)CC[C@@H]2C3CC[C@]4(C)[C@@H]([C@@H](C)NS(=O)(=O)c5cccc(C#N)n5)CC[C@H]4[C@@H]3CC[C@@H]2C1. The zero-order chi connectivity index (χ0) is 25.7. The fourth-order valence-electron chi connectivity index (χ4n) is 9.24. The first kappa shape index (κ1) is 26.1. The lowest BCUT2D eigenvalue weighted by atomic mass is 9.48. The van der Waals surface area contributed by atoms with Crippen LogP contribution in [0.3, 0.4) is 0 Å². The number of nitrogens with zero attached hydrogens (tertiary/aromatic N) is 2. The highest BCUT2D eigenvalue weighted by Crippen LogP contribution is 2.65. The maximum absolute atomic E-state index is 13.1. The molecule has 1 aromatic heterocycles. The molecule has 7 nitrogen and oxygen atoms in total. The van der Waals surface area contributed by atoms with Crippen LogP contribution in [0.1, 0.15) is 77.3 Å². The van der Waals surface area contributed by atoms with Crippen LogP contribution in [0.5, 0.6) is 0 Å². The number of aromatic nitrogens is 1. The second-order valence-electron chi connectivity index (χ2n) is 12.4. The van der Waals surface area contributed by atoms with Gasteiger partial charge in [0.05, 0.1) is 12.2 Å². The third kappa shape index (κ3) is 4.51. The summed E-state index contributed by atoms with van der Waals surface area (Å²) in [5.41, 5.74) is -0.419. The number of rotatable bonds is 6. The lowest BCUT2D eigenvalue weighted by Gasteiger charge is -2.57. The molecule has 36 heavy (non-hydrogen) atoms. The fraction of sp³-hybridized carbons (Fsp3) is 0.786. The molecule has 0 bridgehead atoms. The van der Waals surface area contributed by atoms with Crippen molar-refractivity contribution in [3.05, 3.63) is 23.9 Å². The molecular formula is C28H41N3O4S. The normalized spacial score (nSPS) is 41.0. The highest BCUT2D eigenvalue weighted by atomic mass is 32.2. The van der Waals surface area contributed by atoms with E-state index in [0.717, 1.165) is 38.0 Å². The average Bonchev–Trinajstić information content (AvgIpc) is 3.21. The van der Waals surface area contributed by atoms with Crippen molar-refractivity contribution in [3.8, 4) is 6.07 Å². The van der Waals surface area contributed by atoms with Gasteiger partial charge in [-0.25, -0.2) is 18.1 Å². The molecule has 4 fully saturated rings. The van der Waals surface area contributed by atoms with E-state index in [1.165, 1.54) is 37.8 Å². The second-order valence-corrected chi connectivity index (χ2v) is 14.1. The molecule has 198 valence electrons. The van der Waals surface area contributed by atoms with Crippen molar-refractivity contribution in [1.82, 2.24) is 9.71 Å². The molecule has 0 spiro atoms. The molecule has 4 aliphatic rings. The third-order valence-electron chi connectivity index (χ3n) is 10.6. The molecule has 8 heteroatoms. The van der Waals surface area contributed by atoms with E-state index in [9.17, 15) is 13.5 Å². The summed E-state index contributed by atoms with van der Waals surface area (Å²) >= 11 is 0. The highest BCUT2D eigenvalue weighted by Gasteiger charge is 2.58. The van der Waals surface area contributed by atoms with Crippen LogP contribution in [-0.4, -0.2) is 43.9 Å². The molecule has 1 aromatic rings. The van der Waals surface area contributed by atoms with Gasteiger partial charge >= 0.3 is 0 Å². The molecule has 9 atom stereocenters. The quantitative estimate of drug-likeness (QED) is 0.585. The number of ether oxygens (including phenoxy) is 1. The smallest absolute Gasteiger partial charge is 0.258 e. The number of aliphatic hydroxyl groups is 1. The minimum Gasteiger partial charge on any atom is -0.387 e. The Hall–Kier alpha value is -1.53. The highest BCUT2D eigenvalue weighted by molar-refractivity contribution is 7.89. The van der Waals surface area contributed by atoms with E-state index in [1.54, 1.807) is 13.2 Å². The van der Waals surface area contributed by atoms with E-state index in [2.05, 4.69) is 16.6 Å². The van der Waals surface area contributed by atoms with Crippen LogP contribution >= 0.6 is 0 Å². The number of methoxy groups -OCH3 is 1. The van der Waals surface area contributed by atoms with Crippen molar-refractivity contribution in [3.63, 3.8) is 0 Å². The molecule has 1 unspecified atom stereocenters. The second kappa shape index (κ2) is 9.65. The Balaban J connectivity index is 1.29. The Kier molecular flexibility index (Phi) is 6.99. The van der Waals surface area contributed by atoms with Crippen molar-refractivity contribution >= 4 is 10.0 Å². The molecule has 0 saturated heterocycles. The van der Waals surface area contributed by atoms with Gasteiger partial charge in [-0.15, -0.1) is 0 Å². The van der Waals surface area contributed by atoms with E-state index < -0.39 is 15.6 Å². The summed E-state index contributed by atoms with van der Waals surface area (Å²) in [5, 5.41) is 20.0. The van der Waals surface area contributed by atoms with Gasteiger partial charge in [0.25, 0.3) is 10.0 Å². The largest absolute Gasteiger partial charge is 0.387 e. The van der Waals surface area contributed by atoms with E-state index in [4.69, 9.17) is 10.00 Å². The number of nitriles is 1. The Labute approximate surface area is 216 Å². The van der Waals surface area contributed by atoms with Gasteiger partial charge in [0.1, 0.15) is 11.8 Å². The number of hydrogen-bond acceptors (Lipinski definition) is 6. The summed E-state index contributed by atoms with van der Waals surface area (Å²) in [6.45, 7) is 4.86. The molecular weight excluding hydrogens is 474 g/mol. The van der Waals surface area contributed by atoms with Crippen LogP contribution in [0.15, 0.2) is 23.2 Å². The van der Waals surface area contributed by atoms with Crippen molar-refractivity contribution < 1.29 is 18.3 Å². The van der Waals surface area contributed by atoms with Gasteiger partial charge in [0, 0.05) is 13.2 Å². The Bertz CT molecular complexity index is 1120. The van der Waals surface area contributed by atoms with Crippen LogP contribution in [-0.2, 0) is 14.8 Å². The Morgan fingerprint density at radius 3 is 2.69 bits per heavy atom. The van der Waals surface area contributed by atoms with E-state index in [-0.39, 0.29) is 28.1 Å². The zero-order valence-electron chi connectivity index (χ0n) is 21.8. The molecule has 0 amide bonds. The van der Waals surface area contributed by atoms with Crippen LogP contribution in [0.2, 0.25) is 0 Å². The number of nitrogens with one attached hydrogen (secondary N) is 1. The molecule has 0 aliphatic heterocycles. The minimum atomic E-state index is -3.80. The predicted octanol–water partition coefficient (Wildman–Crippen LogP) is 4.27. The van der Waals surface area contributed by atoms with E-state index in [0.29, 0.717) is 30.3 Å². The Morgan fingerprint density at radius 1 is 1.17 bits per heavy atom. The standard InChI is InChI=1S/C28H41N3O4S/c1-18(31-36(33,34)26-6-4-5-20(16-29)30-26)24-9-10-25-23-8-7-19-15-28(32,17-35-3)14-12-21(19)22(23)11-13-27(24,25)2/h4-6,18-19,21-25,31-32H,7-15,17H2,1-3H3/t18-,19-,21+,22?,23-,24-,25+,27-,28-/m1/s1. The van der Waals surface area contributed by atoms with Gasteiger partial charge in [0.15, 0.2) is 5.03 Å². The van der Waals surface area contributed by atoms with Gasteiger partial charge < -0.3 is 9.84 Å². The summed E-state index contributed by atoms with van der Waals surface area (Å²) in [5.74, 6) is 3.67. The molecule has 2 N–H and O–H groups in total. The molecule has 4 saturated carbocycles. The lowest BCUT2D eigenvalue weighted by molar-refractivity contribution is -0.125. The van der Waals surface area contributed by atoms with Gasteiger partial charge in [-0.05, 0) is 118 Å². The first-order valence-electron chi connectivity index (χ1n) is 13.7. The fourth-order valence-corrected chi connectivity index (χ4v) is 10.5. The number of hydrogen-bond donors (Lipinski definition) is 2. The predicted molar refractivity (Wildman–Crippen MR) is 136 cm³/mol. The van der Waals surface area contributed by atoms with Crippen molar-refractivity contribution in [2.45, 2.75) is 88.3 Å². The molecule has 4 aliphatic carbocycles. The number of pyridine rings is 1. The van der Waals surface area contributed by atoms with Crippen LogP contribution in [0.25, 0.3) is 0 Å². The van der Waals surface area contributed by atoms with E-state index in [1.807, 2.05) is 13.0 Å². The number of sulfonamides is 1. The van der Waals surface area contributed by atoms with Crippen molar-refractivity contribution in [1.29, 1.82) is 5.26 Å². The Morgan fingerprint density at radius 2 is 1.94 bits per heavy atom. The average molecular weight is 516 g/mol. The summed E-state index contributed by atoms with van der Waals surface area (Å²) in [7, 11) is -2.11. The van der Waals surface area contributed by atoms with Gasteiger partial charge in [-0.3, -0.25) is 0 Å². The monoisotopic (exact) mass is 515 g/mol. The maximum Gasteiger partial charge on any atom is 0.258 e. The summed E-state index contributed by atoms with van der Waals surface area (Å²) in [6.07, 6.45) is 9.80. The van der Waals surface area contributed by atoms with Gasteiger partial charge in [-0.2, -0.15) is 5.26 Å². The zero-order valence-corrected chi connectivity index (χ0v) is 22.6. The molecule has 1 heterocycles. The summed E-state index contributed by atoms with van der Waals surface area (Å²) in [6, 6.07) is 6.27. The van der Waals surface area contributed by atoms with Gasteiger partial charge in [0.2, 0.25) is 0 Å². The summed E-state index contributed by atoms with van der Waals surface area (Å²) in [4.78, 5) is 4.02. The maximum atomic E-state index is 13.1. The first-order chi connectivity index (χ1) is 17.1. The third-order valence-corrected chi connectivity index (χ3v) is 12.1. The van der Waals surface area contributed by atoms with Crippen LogP contribution < -0.4 is 4.72 Å². The van der Waals surface area contributed by atoms with Crippen molar-refractivity contribution in [2.24, 2.45) is 40.9 Å². The molecule has 0 radical (unpaired) electrons. The first-order valence-corrected chi connectivity index (χ1v) is 15.2. The molecule has 5 rings (SSSR count). The lowest BCUT2D eigenvalue weighted by Crippen LogP contribution is -2.53. The van der Waals surface area contributed by atoms with Crippen LogP contribution in [0.4, 0.5) is 0 Å². The molecule has 0 aromatic carbocycles. The number of fused-ring (bicyclic) bond motifs is 5. The van der Waals surface area contributed by atoms with Gasteiger partial charge in [-0.1, -0.05) is 13.0 Å². The summed E-state index contributed by atoms with van der Waals surface area (Å²) < 4.78 is 34.5. The topological polar surface area (TPSA) is 112 Å². The van der Waals surface area contributed by atoms with Crippen LogP contribution in [0, 0.1) is 52.3 Å². The van der Waals surface area contributed by atoms with E-state index >= 15 is 0 Å². The minimum absolute atomic E-state index is 0.0825.